The van der Waals surface area contributed by atoms with Crippen molar-refractivity contribution in [2.45, 2.75) is 18.9 Å². The van der Waals surface area contributed by atoms with Crippen LogP contribution in [0.5, 0.6) is 5.75 Å². The number of carbonyl (C=O) groups excluding carboxylic acids is 1. The first-order valence-corrected chi connectivity index (χ1v) is 10.7. The number of anilines is 1. The zero-order valence-corrected chi connectivity index (χ0v) is 17.9. The number of benzene rings is 3. The minimum Gasteiger partial charge on any atom is -0.489 e. The summed E-state index contributed by atoms with van der Waals surface area (Å²) in [5.41, 5.74) is 2.70. The molecule has 0 spiro atoms. The molecule has 0 N–H and O–H groups in total. The summed E-state index contributed by atoms with van der Waals surface area (Å²) in [5.74, 6) is 1.57. The predicted molar refractivity (Wildman–Crippen MR) is 122 cm³/mol. The first-order chi connectivity index (χ1) is 15.7. The van der Waals surface area contributed by atoms with Crippen molar-refractivity contribution in [1.82, 2.24) is 10.1 Å². The van der Waals surface area contributed by atoms with Gasteiger partial charge < -0.3 is 14.2 Å². The molecule has 1 fully saturated rings. The van der Waals surface area contributed by atoms with Crippen molar-refractivity contribution >= 4 is 23.2 Å². The molecule has 1 unspecified atom stereocenters. The smallest absolute Gasteiger partial charge is 0.232 e. The average Bonchev–Trinajstić information content (AvgIpc) is 3.46. The van der Waals surface area contributed by atoms with Crippen LogP contribution < -0.4 is 9.64 Å². The normalized spacial score (nSPS) is 15.8. The van der Waals surface area contributed by atoms with E-state index in [-0.39, 0.29) is 11.8 Å². The number of rotatable bonds is 6. The molecule has 5 rings (SSSR count). The molecule has 1 atom stereocenters. The van der Waals surface area contributed by atoms with E-state index in [4.69, 9.17) is 20.9 Å². The van der Waals surface area contributed by atoms with Crippen LogP contribution in [0.4, 0.5) is 5.69 Å². The number of ether oxygens (including phenoxy) is 1. The van der Waals surface area contributed by atoms with Gasteiger partial charge in [0.2, 0.25) is 17.6 Å². The molecule has 0 radical (unpaired) electrons. The van der Waals surface area contributed by atoms with Gasteiger partial charge in [0, 0.05) is 29.2 Å². The highest BCUT2D eigenvalue weighted by molar-refractivity contribution is 6.30. The van der Waals surface area contributed by atoms with Gasteiger partial charge >= 0.3 is 0 Å². The summed E-state index contributed by atoms with van der Waals surface area (Å²) >= 11 is 6.07. The second-order valence-corrected chi connectivity index (χ2v) is 8.08. The number of nitrogens with zero attached hydrogens (tertiary/aromatic N) is 3. The number of hydrogen-bond acceptors (Lipinski definition) is 5. The van der Waals surface area contributed by atoms with Gasteiger partial charge in [0.25, 0.3) is 0 Å². The maximum absolute atomic E-state index is 12.5. The topological polar surface area (TPSA) is 68.5 Å². The number of halogens is 1. The zero-order chi connectivity index (χ0) is 21.9. The van der Waals surface area contributed by atoms with E-state index in [0.29, 0.717) is 36.3 Å². The standard InChI is InChI=1S/C25H20ClN3O3/c26-20-7-4-8-21(14-20)29-15-19(13-23(29)30)25-27-24(28-32-25)18-9-11-22(12-10-18)31-16-17-5-2-1-3-6-17/h1-12,14,19H,13,15-16H2. The van der Waals surface area contributed by atoms with Gasteiger partial charge in [0.1, 0.15) is 12.4 Å². The van der Waals surface area contributed by atoms with Gasteiger partial charge in [-0.25, -0.2) is 0 Å². The number of hydrogen-bond donors (Lipinski definition) is 0. The van der Waals surface area contributed by atoms with Crippen molar-refractivity contribution in [2.24, 2.45) is 0 Å². The Kier molecular flexibility index (Phi) is 5.60. The molecule has 7 heteroatoms. The fourth-order valence-corrected chi connectivity index (χ4v) is 3.91. The highest BCUT2D eigenvalue weighted by Gasteiger charge is 2.35. The zero-order valence-electron chi connectivity index (χ0n) is 17.1. The second-order valence-electron chi connectivity index (χ2n) is 7.64. The maximum atomic E-state index is 12.5. The average molecular weight is 446 g/mol. The van der Waals surface area contributed by atoms with Gasteiger partial charge in [0.05, 0.1) is 5.92 Å². The van der Waals surface area contributed by atoms with E-state index in [1.807, 2.05) is 66.7 Å². The Balaban J connectivity index is 1.25. The maximum Gasteiger partial charge on any atom is 0.232 e. The van der Waals surface area contributed by atoms with Crippen LogP contribution in [0.25, 0.3) is 11.4 Å². The van der Waals surface area contributed by atoms with E-state index in [1.165, 1.54) is 0 Å². The molecule has 160 valence electrons. The molecule has 0 saturated carbocycles. The molecule has 0 bridgehead atoms. The lowest BCUT2D eigenvalue weighted by Crippen LogP contribution is -2.24. The summed E-state index contributed by atoms with van der Waals surface area (Å²) in [6.45, 7) is 0.985. The molecule has 32 heavy (non-hydrogen) atoms. The quantitative estimate of drug-likeness (QED) is 0.392. The molecule has 4 aromatic rings. The van der Waals surface area contributed by atoms with Crippen LogP contribution in [-0.2, 0) is 11.4 Å². The lowest BCUT2D eigenvalue weighted by Gasteiger charge is -2.16. The van der Waals surface area contributed by atoms with E-state index >= 15 is 0 Å². The monoisotopic (exact) mass is 445 g/mol. The van der Waals surface area contributed by atoms with Crippen LogP contribution in [-0.4, -0.2) is 22.6 Å². The van der Waals surface area contributed by atoms with Crippen LogP contribution in [0, 0.1) is 0 Å². The summed E-state index contributed by atoms with van der Waals surface area (Å²) < 4.78 is 11.3. The lowest BCUT2D eigenvalue weighted by molar-refractivity contribution is -0.117. The van der Waals surface area contributed by atoms with Crippen LogP contribution in [0.15, 0.2) is 83.4 Å². The van der Waals surface area contributed by atoms with Crippen LogP contribution >= 0.6 is 11.6 Å². The highest BCUT2D eigenvalue weighted by atomic mass is 35.5. The predicted octanol–water partition coefficient (Wildman–Crippen LogP) is 5.49. The molecule has 3 aromatic carbocycles. The Labute approximate surface area is 190 Å². The summed E-state index contributed by atoms with van der Waals surface area (Å²) in [5, 5.41) is 4.71. The van der Waals surface area contributed by atoms with Gasteiger partial charge in [-0.2, -0.15) is 4.98 Å². The molecular weight excluding hydrogens is 426 g/mol. The third kappa shape index (κ3) is 4.36. The largest absolute Gasteiger partial charge is 0.489 e. The summed E-state index contributed by atoms with van der Waals surface area (Å²) in [6, 6.07) is 24.8. The number of aromatic nitrogens is 2. The SMILES string of the molecule is O=C1CC(c2nc(-c3ccc(OCc4ccccc4)cc3)no2)CN1c1cccc(Cl)c1. The van der Waals surface area contributed by atoms with E-state index in [0.717, 1.165) is 22.6 Å². The van der Waals surface area contributed by atoms with Crippen molar-refractivity contribution in [2.75, 3.05) is 11.4 Å². The van der Waals surface area contributed by atoms with E-state index in [1.54, 1.807) is 17.0 Å². The van der Waals surface area contributed by atoms with Crippen molar-refractivity contribution < 1.29 is 14.1 Å². The minimum atomic E-state index is -0.156. The fourth-order valence-electron chi connectivity index (χ4n) is 3.73. The fraction of sp³-hybridized carbons (Fsp3) is 0.160. The number of carbonyl (C=O) groups is 1. The first-order valence-electron chi connectivity index (χ1n) is 10.3. The molecule has 1 aliphatic heterocycles. The van der Waals surface area contributed by atoms with Crippen molar-refractivity contribution in [3.8, 4) is 17.1 Å². The summed E-state index contributed by atoms with van der Waals surface area (Å²) in [4.78, 5) is 18.8. The van der Waals surface area contributed by atoms with E-state index in [9.17, 15) is 4.79 Å². The molecule has 0 aliphatic carbocycles. The van der Waals surface area contributed by atoms with Crippen molar-refractivity contribution in [3.05, 3.63) is 95.3 Å². The van der Waals surface area contributed by atoms with Gasteiger partial charge in [-0.05, 0) is 48.0 Å². The second kappa shape index (κ2) is 8.85. The lowest BCUT2D eigenvalue weighted by atomic mass is 10.1. The molecule has 1 aliphatic rings. The highest BCUT2D eigenvalue weighted by Crippen LogP contribution is 2.33. The first kappa shape index (κ1) is 20.3. The van der Waals surface area contributed by atoms with Crippen molar-refractivity contribution in [3.63, 3.8) is 0 Å². The molecular formula is C25H20ClN3O3. The van der Waals surface area contributed by atoms with Crippen LogP contribution in [0.2, 0.25) is 5.02 Å². The Morgan fingerprint density at radius 3 is 2.62 bits per heavy atom. The molecule has 1 amide bonds. The van der Waals surface area contributed by atoms with Crippen LogP contribution in [0.3, 0.4) is 0 Å². The van der Waals surface area contributed by atoms with Gasteiger partial charge in [0.15, 0.2) is 0 Å². The Morgan fingerprint density at radius 2 is 1.84 bits per heavy atom. The summed E-state index contributed by atoms with van der Waals surface area (Å²) in [7, 11) is 0. The third-order valence-corrected chi connectivity index (χ3v) is 5.63. The molecule has 6 nitrogen and oxygen atoms in total. The molecule has 1 saturated heterocycles. The Bertz CT molecular complexity index is 1220. The minimum absolute atomic E-state index is 0.0111. The number of amides is 1. The molecule has 2 heterocycles. The summed E-state index contributed by atoms with van der Waals surface area (Å²) in [6.07, 6.45) is 0.320. The third-order valence-electron chi connectivity index (χ3n) is 5.40. The van der Waals surface area contributed by atoms with Gasteiger partial charge in [-0.3, -0.25) is 4.79 Å². The van der Waals surface area contributed by atoms with Crippen molar-refractivity contribution in [1.29, 1.82) is 0 Å². The van der Waals surface area contributed by atoms with Crippen LogP contribution in [0.1, 0.15) is 23.8 Å². The van der Waals surface area contributed by atoms with Gasteiger partial charge in [-0.1, -0.05) is 53.2 Å². The Hall–Kier alpha value is -3.64. The van der Waals surface area contributed by atoms with E-state index in [2.05, 4.69) is 10.1 Å². The Morgan fingerprint density at radius 1 is 1.03 bits per heavy atom. The van der Waals surface area contributed by atoms with Gasteiger partial charge in [-0.15, -0.1) is 0 Å². The van der Waals surface area contributed by atoms with E-state index < -0.39 is 0 Å². The molecule has 1 aromatic heterocycles.